The number of hydrogen-bond acceptors (Lipinski definition) is 6. The van der Waals surface area contributed by atoms with Crippen molar-refractivity contribution in [1.82, 2.24) is 0 Å². The van der Waals surface area contributed by atoms with Crippen LogP contribution in [-0.4, -0.2) is 41.0 Å². The molecule has 0 aromatic heterocycles. The Morgan fingerprint density at radius 2 is 0.649 bits per heavy atom. The van der Waals surface area contributed by atoms with Crippen molar-refractivity contribution >= 4 is 41.0 Å². The van der Waals surface area contributed by atoms with E-state index in [0.29, 0.717) is 0 Å². The van der Waals surface area contributed by atoms with Crippen LogP contribution in [0.4, 0.5) is 0 Å². The molecule has 0 unspecified atom stereocenters. The first-order chi connectivity index (χ1) is 16.5. The molecule has 0 atom stereocenters. The van der Waals surface area contributed by atoms with E-state index in [2.05, 4.69) is 20.8 Å². The quantitative estimate of drug-likeness (QED) is 0.159. The zero-order chi connectivity index (χ0) is 29.7. The third kappa shape index (κ3) is 8.39. The van der Waals surface area contributed by atoms with Gasteiger partial charge in [0.25, 0.3) is 0 Å². The molecule has 0 rings (SSSR count). The normalized spacial score (nSPS) is 13.9. The maximum atomic E-state index is 13.5. The molecule has 0 bridgehead atoms. The molecule has 0 amide bonds. The van der Waals surface area contributed by atoms with Crippen LogP contribution in [0, 0.1) is 32.5 Å². The molecule has 218 valence electrons. The molecular weight excluding hydrogens is 665 g/mol. The second-order valence-electron chi connectivity index (χ2n) is 14.1. The molecule has 0 aliphatic carbocycles. The summed E-state index contributed by atoms with van der Waals surface area (Å²) in [6.07, 6.45) is 5.23. The van der Waals surface area contributed by atoms with E-state index in [-0.39, 0.29) is 16.2 Å². The molecule has 0 aromatic rings. The Balaban J connectivity index is 6.26. The summed E-state index contributed by atoms with van der Waals surface area (Å²) in [5, 5.41) is 0. The van der Waals surface area contributed by atoms with Crippen LogP contribution in [0.1, 0.15) is 142 Å². The second kappa shape index (κ2) is 13.1. The molecule has 6 nitrogen and oxygen atoms in total. The van der Waals surface area contributed by atoms with Gasteiger partial charge in [-0.05, 0) is 0 Å². The van der Waals surface area contributed by atoms with Gasteiger partial charge in [0.2, 0.25) is 0 Å². The fraction of sp³-hybridized carbons (Fsp3) is 0.900. The van der Waals surface area contributed by atoms with Gasteiger partial charge in [-0.3, -0.25) is 0 Å². The van der Waals surface area contributed by atoms with Crippen molar-refractivity contribution in [2.45, 2.75) is 142 Å². The van der Waals surface area contributed by atoms with Gasteiger partial charge >= 0.3 is 239 Å². The van der Waals surface area contributed by atoms with E-state index < -0.39 is 57.2 Å². The second-order valence-corrected chi connectivity index (χ2v) is 18.0. The van der Waals surface area contributed by atoms with Crippen molar-refractivity contribution in [2.75, 3.05) is 0 Å². The topological polar surface area (TPSA) is 78.9 Å². The molecule has 0 N–H and O–H groups in total. The van der Waals surface area contributed by atoms with Crippen LogP contribution < -0.4 is 0 Å². The van der Waals surface area contributed by atoms with Crippen LogP contribution in [0.3, 0.4) is 0 Å². The van der Waals surface area contributed by atoms with Crippen molar-refractivity contribution in [3.05, 3.63) is 0 Å². The summed E-state index contributed by atoms with van der Waals surface area (Å²) >= 11 is -4.35. The third-order valence-electron chi connectivity index (χ3n) is 9.70. The van der Waals surface area contributed by atoms with Crippen LogP contribution in [-0.2, 0) is 22.8 Å². The first-order valence-electron chi connectivity index (χ1n) is 14.0. The zero-order valence-electron chi connectivity index (χ0n) is 26.6. The number of carbonyl (C=O) groups excluding carboxylic acids is 3. The Hall–Kier alpha value is -0.707. The fourth-order valence-electron chi connectivity index (χ4n) is 4.24. The summed E-state index contributed by atoms with van der Waals surface area (Å²) in [5.41, 5.74) is -3.64. The minimum atomic E-state index is -4.35. The summed E-state index contributed by atoms with van der Waals surface area (Å²) in [7, 11) is 0. The summed E-state index contributed by atoms with van der Waals surface area (Å²) in [6, 6.07) is 0. The van der Waals surface area contributed by atoms with E-state index >= 15 is 0 Å². The van der Waals surface area contributed by atoms with Gasteiger partial charge in [-0.25, -0.2) is 0 Å². The predicted molar refractivity (Wildman–Crippen MR) is 151 cm³/mol. The molecule has 0 aliphatic rings. The number of carbonyl (C=O) groups is 3. The maximum absolute atomic E-state index is 13.5. The van der Waals surface area contributed by atoms with E-state index in [1.54, 1.807) is 0 Å². The van der Waals surface area contributed by atoms with Crippen LogP contribution >= 0.6 is 0 Å². The summed E-state index contributed by atoms with van der Waals surface area (Å²) in [5.74, 6) is -1.46. The van der Waals surface area contributed by atoms with E-state index in [0.717, 1.165) is 38.5 Å². The molecule has 0 heterocycles. The fourth-order valence-corrected chi connectivity index (χ4v) is 8.92. The molecular formula is C30H57BiO6. The van der Waals surface area contributed by atoms with Crippen LogP contribution in [0.2, 0.25) is 0 Å². The summed E-state index contributed by atoms with van der Waals surface area (Å²) in [6.45, 7) is 29.5. The van der Waals surface area contributed by atoms with Crippen molar-refractivity contribution < 1.29 is 22.8 Å². The zero-order valence-corrected chi connectivity index (χ0v) is 30.1. The Morgan fingerprint density at radius 3 is 0.811 bits per heavy atom. The minimum absolute atomic E-state index is 0.354. The van der Waals surface area contributed by atoms with Gasteiger partial charge < -0.3 is 0 Å². The molecule has 0 radical (unpaired) electrons. The average Bonchev–Trinajstić information content (AvgIpc) is 2.72. The Bertz CT molecular complexity index is 687. The van der Waals surface area contributed by atoms with Crippen LogP contribution in [0.5, 0.6) is 0 Å². The SMILES string of the molecule is CCCC(C)(C)C(C)(C)C(=O)[O][Bi]([O]C(=O)C(C)(C)C(C)(C)CCC)[O]C(=O)C(C)(C)C(C)(C)CCC. The first-order valence-corrected chi connectivity index (χ1v) is 18.2. The van der Waals surface area contributed by atoms with Gasteiger partial charge in [0.1, 0.15) is 0 Å². The molecule has 0 fully saturated rings. The number of hydrogen-bond donors (Lipinski definition) is 0. The van der Waals surface area contributed by atoms with Crippen LogP contribution in [0.25, 0.3) is 0 Å². The van der Waals surface area contributed by atoms with Crippen molar-refractivity contribution in [3.63, 3.8) is 0 Å². The summed E-state index contributed by atoms with van der Waals surface area (Å²) < 4.78 is 17.7. The van der Waals surface area contributed by atoms with Crippen molar-refractivity contribution in [3.8, 4) is 0 Å². The van der Waals surface area contributed by atoms with E-state index in [1.165, 1.54) is 0 Å². The molecule has 0 aromatic carbocycles. The van der Waals surface area contributed by atoms with E-state index in [9.17, 15) is 14.4 Å². The predicted octanol–water partition coefficient (Wildman–Crippen LogP) is 8.16. The average molecular weight is 723 g/mol. The van der Waals surface area contributed by atoms with Gasteiger partial charge in [0.05, 0.1) is 0 Å². The van der Waals surface area contributed by atoms with Gasteiger partial charge in [-0.1, -0.05) is 0 Å². The van der Waals surface area contributed by atoms with E-state index in [4.69, 9.17) is 8.44 Å². The van der Waals surface area contributed by atoms with Crippen molar-refractivity contribution in [1.29, 1.82) is 0 Å². The molecule has 0 saturated carbocycles. The summed E-state index contributed by atoms with van der Waals surface area (Å²) in [4.78, 5) is 40.5. The molecule has 37 heavy (non-hydrogen) atoms. The molecule has 0 spiro atoms. The monoisotopic (exact) mass is 722 g/mol. The third-order valence-corrected chi connectivity index (χ3v) is 13.4. The molecule has 7 heteroatoms. The van der Waals surface area contributed by atoms with Crippen LogP contribution in [0.15, 0.2) is 0 Å². The van der Waals surface area contributed by atoms with Gasteiger partial charge in [0, 0.05) is 0 Å². The van der Waals surface area contributed by atoms with Gasteiger partial charge in [-0.2, -0.15) is 0 Å². The Labute approximate surface area is 237 Å². The standard InChI is InChI=1S/3C10H20O2.Bi/c3*1-6-7-9(2,3)10(4,5)8(11)12;/h3*6-7H2,1-5H3,(H,11,12);/q;;;+3/p-3. The molecule has 0 aliphatic heterocycles. The Kier molecular flexibility index (Phi) is 12.8. The van der Waals surface area contributed by atoms with Gasteiger partial charge in [-0.15, -0.1) is 0 Å². The number of rotatable bonds is 15. The first kappa shape index (κ1) is 36.3. The van der Waals surface area contributed by atoms with Gasteiger partial charge in [0.15, 0.2) is 0 Å². The Morgan fingerprint density at radius 1 is 0.459 bits per heavy atom. The van der Waals surface area contributed by atoms with E-state index in [1.807, 2.05) is 83.1 Å². The molecule has 0 saturated heterocycles. The van der Waals surface area contributed by atoms with Crippen molar-refractivity contribution in [2.24, 2.45) is 32.5 Å².